The fourth-order valence-electron chi connectivity index (χ4n) is 2.78. The summed E-state index contributed by atoms with van der Waals surface area (Å²) in [6.07, 6.45) is 7.66. The third-order valence-corrected chi connectivity index (χ3v) is 4.43. The summed E-state index contributed by atoms with van der Waals surface area (Å²) in [6, 6.07) is 2.45. The van der Waals surface area contributed by atoms with Crippen molar-refractivity contribution in [3.63, 3.8) is 0 Å². The summed E-state index contributed by atoms with van der Waals surface area (Å²) in [7, 11) is 0. The van der Waals surface area contributed by atoms with Gasteiger partial charge in [-0.25, -0.2) is 0 Å². The van der Waals surface area contributed by atoms with Crippen molar-refractivity contribution >= 4 is 15.9 Å². The van der Waals surface area contributed by atoms with Gasteiger partial charge in [-0.1, -0.05) is 13.3 Å². The van der Waals surface area contributed by atoms with Crippen LogP contribution in [-0.2, 0) is 0 Å². The molecule has 1 atom stereocenters. The van der Waals surface area contributed by atoms with E-state index in [2.05, 4.69) is 38.8 Å². The lowest BCUT2D eigenvalue weighted by molar-refractivity contribution is 0.133. The molecule has 1 aromatic heterocycles. The first-order chi connectivity index (χ1) is 8.74. The molecule has 2 heterocycles. The summed E-state index contributed by atoms with van der Waals surface area (Å²) in [5, 5.41) is 0. The molecule has 1 saturated heterocycles. The molecule has 1 aliphatic heterocycles. The first kappa shape index (κ1) is 14.0. The van der Waals surface area contributed by atoms with E-state index in [1.807, 2.05) is 12.4 Å². The molecule has 100 valence electrons. The molecular weight excluding hydrogens is 290 g/mol. The fraction of sp³-hybridized carbons (Fsp3) is 0.643. The Bertz CT molecular complexity index is 375. The maximum Gasteiger partial charge on any atom is 0.0486 e. The molecule has 2 rings (SSSR count). The van der Waals surface area contributed by atoms with Crippen molar-refractivity contribution in [3.8, 4) is 0 Å². The molecule has 0 bridgehead atoms. The highest BCUT2D eigenvalue weighted by Crippen LogP contribution is 2.28. The van der Waals surface area contributed by atoms with Gasteiger partial charge >= 0.3 is 0 Å². The van der Waals surface area contributed by atoms with E-state index in [4.69, 9.17) is 5.73 Å². The summed E-state index contributed by atoms with van der Waals surface area (Å²) >= 11 is 3.48. The number of likely N-dealkylation sites (tertiary alicyclic amines) is 1. The Morgan fingerprint density at radius 3 is 2.72 bits per heavy atom. The topological polar surface area (TPSA) is 42.1 Å². The number of hydrogen-bond donors (Lipinski definition) is 1. The number of rotatable bonds is 4. The molecule has 18 heavy (non-hydrogen) atoms. The van der Waals surface area contributed by atoms with Gasteiger partial charge in [0, 0.05) is 29.5 Å². The van der Waals surface area contributed by atoms with Gasteiger partial charge in [-0.3, -0.25) is 9.88 Å². The zero-order valence-electron chi connectivity index (χ0n) is 11.0. The van der Waals surface area contributed by atoms with Crippen LogP contribution in [0, 0.1) is 5.92 Å². The Hall–Kier alpha value is -0.450. The predicted molar refractivity (Wildman–Crippen MR) is 78.3 cm³/mol. The third kappa shape index (κ3) is 3.31. The van der Waals surface area contributed by atoms with Crippen molar-refractivity contribution < 1.29 is 0 Å². The SMILES string of the molecule is CCC1CCN(C(CN)c2cncc(Br)c2)CC1. The minimum atomic E-state index is 0.313. The third-order valence-electron chi connectivity index (χ3n) is 4.00. The summed E-state index contributed by atoms with van der Waals surface area (Å²) in [5.41, 5.74) is 7.19. The predicted octanol–water partition coefficient (Wildman–Crippen LogP) is 2.97. The molecule has 0 aliphatic carbocycles. The van der Waals surface area contributed by atoms with Crippen molar-refractivity contribution in [1.29, 1.82) is 0 Å². The number of hydrogen-bond acceptors (Lipinski definition) is 3. The average molecular weight is 312 g/mol. The Kier molecular flexibility index (Phi) is 5.15. The second-order valence-electron chi connectivity index (χ2n) is 5.08. The second-order valence-corrected chi connectivity index (χ2v) is 5.99. The average Bonchev–Trinajstić information content (AvgIpc) is 2.40. The number of nitrogens with zero attached hydrogens (tertiary/aromatic N) is 2. The zero-order chi connectivity index (χ0) is 13.0. The number of pyridine rings is 1. The molecule has 2 N–H and O–H groups in total. The van der Waals surface area contributed by atoms with E-state index in [0.717, 1.165) is 23.5 Å². The van der Waals surface area contributed by atoms with E-state index >= 15 is 0 Å². The summed E-state index contributed by atoms with van der Waals surface area (Å²) in [6.45, 7) is 5.27. The highest BCUT2D eigenvalue weighted by Gasteiger charge is 2.24. The van der Waals surface area contributed by atoms with E-state index in [9.17, 15) is 0 Å². The van der Waals surface area contributed by atoms with Gasteiger partial charge in [0.15, 0.2) is 0 Å². The van der Waals surface area contributed by atoms with Crippen LogP contribution in [0.2, 0.25) is 0 Å². The molecule has 4 heteroatoms. The smallest absolute Gasteiger partial charge is 0.0486 e. The van der Waals surface area contributed by atoms with Crippen molar-refractivity contribution in [3.05, 3.63) is 28.5 Å². The molecule has 1 aromatic rings. The van der Waals surface area contributed by atoms with Crippen LogP contribution in [0.1, 0.15) is 37.8 Å². The van der Waals surface area contributed by atoms with Crippen molar-refractivity contribution in [1.82, 2.24) is 9.88 Å². The zero-order valence-corrected chi connectivity index (χ0v) is 12.6. The molecule has 0 aromatic carbocycles. The molecular formula is C14H22BrN3. The highest BCUT2D eigenvalue weighted by atomic mass is 79.9. The summed E-state index contributed by atoms with van der Waals surface area (Å²) < 4.78 is 1.03. The van der Waals surface area contributed by atoms with Gasteiger partial charge in [0.25, 0.3) is 0 Å². The number of aromatic nitrogens is 1. The summed E-state index contributed by atoms with van der Waals surface area (Å²) in [5.74, 6) is 0.903. The van der Waals surface area contributed by atoms with E-state index < -0.39 is 0 Å². The Balaban J connectivity index is 2.05. The molecule has 0 spiro atoms. The van der Waals surface area contributed by atoms with Crippen LogP contribution in [0.5, 0.6) is 0 Å². The van der Waals surface area contributed by atoms with Gasteiger partial charge in [-0.15, -0.1) is 0 Å². The first-order valence-corrected chi connectivity index (χ1v) is 7.58. The van der Waals surface area contributed by atoms with Crippen LogP contribution >= 0.6 is 15.9 Å². The fourth-order valence-corrected chi connectivity index (χ4v) is 3.16. The molecule has 1 aliphatic rings. The van der Waals surface area contributed by atoms with Crippen LogP contribution < -0.4 is 5.73 Å². The first-order valence-electron chi connectivity index (χ1n) is 6.79. The Morgan fingerprint density at radius 2 is 2.17 bits per heavy atom. The standard InChI is InChI=1S/C14H22BrN3/c1-2-11-3-5-18(6-4-11)14(8-16)12-7-13(15)10-17-9-12/h7,9-11,14H,2-6,8,16H2,1H3. The van der Waals surface area contributed by atoms with Gasteiger partial charge in [-0.2, -0.15) is 0 Å². The second kappa shape index (κ2) is 6.64. The van der Waals surface area contributed by atoms with Gasteiger partial charge in [0.05, 0.1) is 0 Å². The van der Waals surface area contributed by atoms with Crippen LogP contribution in [0.15, 0.2) is 22.9 Å². The number of piperidine rings is 1. The maximum atomic E-state index is 5.97. The van der Waals surface area contributed by atoms with Gasteiger partial charge in [-0.05, 0) is 59.4 Å². The lowest BCUT2D eigenvalue weighted by atomic mass is 9.92. The molecule has 1 fully saturated rings. The van der Waals surface area contributed by atoms with E-state index in [1.165, 1.54) is 24.8 Å². The van der Waals surface area contributed by atoms with Gasteiger partial charge in [0.2, 0.25) is 0 Å². The van der Waals surface area contributed by atoms with Crippen molar-refractivity contribution in [2.45, 2.75) is 32.2 Å². The Labute approximate surface area is 118 Å². The monoisotopic (exact) mass is 311 g/mol. The largest absolute Gasteiger partial charge is 0.329 e. The van der Waals surface area contributed by atoms with Crippen LogP contribution in [0.3, 0.4) is 0 Å². The normalized spacial score (nSPS) is 19.9. The highest BCUT2D eigenvalue weighted by molar-refractivity contribution is 9.10. The van der Waals surface area contributed by atoms with E-state index in [1.54, 1.807) is 0 Å². The van der Waals surface area contributed by atoms with Crippen molar-refractivity contribution in [2.24, 2.45) is 11.7 Å². The number of halogens is 1. The number of nitrogens with two attached hydrogens (primary N) is 1. The van der Waals surface area contributed by atoms with Gasteiger partial charge in [0.1, 0.15) is 0 Å². The van der Waals surface area contributed by atoms with E-state index in [-0.39, 0.29) is 0 Å². The van der Waals surface area contributed by atoms with Crippen LogP contribution in [-0.4, -0.2) is 29.5 Å². The van der Waals surface area contributed by atoms with Crippen molar-refractivity contribution in [2.75, 3.05) is 19.6 Å². The quantitative estimate of drug-likeness (QED) is 0.929. The molecule has 0 amide bonds. The maximum absolute atomic E-state index is 5.97. The minimum absolute atomic E-state index is 0.313. The molecule has 1 unspecified atom stereocenters. The van der Waals surface area contributed by atoms with E-state index in [0.29, 0.717) is 12.6 Å². The molecule has 0 radical (unpaired) electrons. The summed E-state index contributed by atoms with van der Waals surface area (Å²) in [4.78, 5) is 6.76. The lowest BCUT2D eigenvalue weighted by Gasteiger charge is -2.37. The minimum Gasteiger partial charge on any atom is -0.329 e. The lowest BCUT2D eigenvalue weighted by Crippen LogP contribution is -2.39. The Morgan fingerprint density at radius 1 is 1.44 bits per heavy atom. The van der Waals surface area contributed by atoms with Crippen LogP contribution in [0.25, 0.3) is 0 Å². The van der Waals surface area contributed by atoms with Gasteiger partial charge < -0.3 is 5.73 Å². The molecule has 3 nitrogen and oxygen atoms in total. The molecule has 0 saturated carbocycles. The van der Waals surface area contributed by atoms with Crippen LogP contribution in [0.4, 0.5) is 0 Å².